The molecule has 1 aromatic rings. The summed E-state index contributed by atoms with van der Waals surface area (Å²) < 4.78 is 0. The first-order chi connectivity index (χ1) is 9.38. The topological polar surface area (TPSA) is 162 Å². The van der Waals surface area contributed by atoms with Crippen LogP contribution in [-0.2, 0) is 0 Å². The number of benzene rings is 1. The molecule has 0 aliphatic rings. The van der Waals surface area contributed by atoms with Gasteiger partial charge in [-0.05, 0) is 6.42 Å². The number of nitrogens with two attached hydrogens (primary N) is 1. The number of nitro groups is 2. The van der Waals surface area contributed by atoms with E-state index in [1.54, 1.807) is 0 Å². The highest BCUT2D eigenvalue weighted by Gasteiger charge is 2.25. The zero-order valence-electron chi connectivity index (χ0n) is 10.2. The lowest BCUT2D eigenvalue weighted by atomic mass is 10.1. The standard InChI is InChI=1S/C10H12N4O6/c11-9-7(10(16)12-2-1-3-15)4-6(13(17)18)5-8(9)14(19)20/h4-5,15H,1-3,11H2,(H,12,16). The number of rotatable bonds is 6. The van der Waals surface area contributed by atoms with E-state index in [4.69, 9.17) is 10.8 Å². The monoisotopic (exact) mass is 284 g/mol. The second-order valence-corrected chi connectivity index (χ2v) is 3.77. The average Bonchev–Trinajstić information content (AvgIpc) is 2.38. The molecule has 0 radical (unpaired) electrons. The van der Waals surface area contributed by atoms with Gasteiger partial charge in [-0.25, -0.2) is 0 Å². The van der Waals surface area contributed by atoms with Crippen LogP contribution in [0.15, 0.2) is 12.1 Å². The molecule has 0 bridgehead atoms. The highest BCUT2D eigenvalue weighted by atomic mass is 16.6. The summed E-state index contributed by atoms with van der Waals surface area (Å²) in [6.07, 6.45) is 0.280. The van der Waals surface area contributed by atoms with Crippen molar-refractivity contribution in [3.8, 4) is 0 Å². The number of anilines is 1. The van der Waals surface area contributed by atoms with Crippen LogP contribution in [0.2, 0.25) is 0 Å². The molecule has 1 amide bonds. The van der Waals surface area contributed by atoms with Gasteiger partial charge < -0.3 is 16.2 Å². The molecule has 0 aliphatic carbocycles. The number of nitrogen functional groups attached to an aromatic ring is 1. The molecule has 4 N–H and O–H groups in total. The molecule has 0 aromatic heterocycles. The lowest BCUT2D eigenvalue weighted by Gasteiger charge is -2.07. The van der Waals surface area contributed by atoms with Crippen molar-refractivity contribution >= 4 is 23.0 Å². The first kappa shape index (κ1) is 15.3. The maximum atomic E-state index is 11.8. The molecule has 0 aliphatic heterocycles. The number of hydrogen-bond donors (Lipinski definition) is 3. The fourth-order valence-corrected chi connectivity index (χ4v) is 1.44. The fraction of sp³-hybridized carbons (Fsp3) is 0.300. The van der Waals surface area contributed by atoms with Crippen molar-refractivity contribution in [1.29, 1.82) is 0 Å². The Balaban J connectivity index is 3.20. The predicted octanol–water partition coefficient (Wildman–Crippen LogP) is 0.197. The largest absolute Gasteiger partial charge is 0.396 e. The highest BCUT2D eigenvalue weighted by Crippen LogP contribution is 2.30. The van der Waals surface area contributed by atoms with E-state index in [-0.39, 0.29) is 25.1 Å². The Morgan fingerprint density at radius 1 is 1.30 bits per heavy atom. The van der Waals surface area contributed by atoms with E-state index in [0.717, 1.165) is 6.07 Å². The number of carbonyl (C=O) groups is 1. The molecule has 1 aromatic carbocycles. The van der Waals surface area contributed by atoms with Crippen molar-refractivity contribution in [2.75, 3.05) is 18.9 Å². The summed E-state index contributed by atoms with van der Waals surface area (Å²) in [6.45, 7) is -0.0316. The Morgan fingerprint density at radius 2 is 1.95 bits per heavy atom. The fourth-order valence-electron chi connectivity index (χ4n) is 1.44. The highest BCUT2D eigenvalue weighted by molar-refractivity contribution is 6.01. The first-order valence-electron chi connectivity index (χ1n) is 5.49. The van der Waals surface area contributed by atoms with Crippen molar-refractivity contribution in [3.63, 3.8) is 0 Å². The van der Waals surface area contributed by atoms with Gasteiger partial charge in [0.2, 0.25) is 0 Å². The molecule has 0 spiro atoms. The van der Waals surface area contributed by atoms with Gasteiger partial charge in [0.05, 0.1) is 21.5 Å². The quantitative estimate of drug-likeness (QED) is 0.290. The number of aliphatic hydroxyl groups excluding tert-OH is 1. The SMILES string of the molecule is Nc1c(C(=O)NCCCO)cc([N+](=O)[O-])cc1[N+](=O)[O-]. The summed E-state index contributed by atoms with van der Waals surface area (Å²) in [5.41, 5.74) is 3.40. The van der Waals surface area contributed by atoms with Gasteiger partial charge >= 0.3 is 0 Å². The van der Waals surface area contributed by atoms with Crippen LogP contribution < -0.4 is 11.1 Å². The maximum Gasteiger partial charge on any atom is 0.299 e. The number of carbonyl (C=O) groups excluding carboxylic acids is 1. The normalized spacial score (nSPS) is 10.1. The molecule has 1 rings (SSSR count). The van der Waals surface area contributed by atoms with E-state index >= 15 is 0 Å². The van der Waals surface area contributed by atoms with E-state index in [9.17, 15) is 25.0 Å². The molecule has 10 nitrogen and oxygen atoms in total. The number of non-ortho nitro benzene ring substituents is 1. The molecule has 0 heterocycles. The zero-order valence-corrected chi connectivity index (χ0v) is 10.2. The second-order valence-electron chi connectivity index (χ2n) is 3.77. The Hall–Kier alpha value is -2.75. The van der Waals surface area contributed by atoms with Crippen LogP contribution in [0.25, 0.3) is 0 Å². The molecular weight excluding hydrogens is 272 g/mol. The number of amides is 1. The predicted molar refractivity (Wildman–Crippen MR) is 68.2 cm³/mol. The minimum Gasteiger partial charge on any atom is -0.396 e. The lowest BCUT2D eigenvalue weighted by Crippen LogP contribution is -2.26. The summed E-state index contributed by atoms with van der Waals surface area (Å²) in [7, 11) is 0. The average molecular weight is 284 g/mol. The van der Waals surface area contributed by atoms with Crippen molar-refractivity contribution in [1.82, 2.24) is 5.32 Å². The van der Waals surface area contributed by atoms with Gasteiger partial charge in [0, 0.05) is 19.2 Å². The molecule has 20 heavy (non-hydrogen) atoms. The molecular formula is C10H12N4O6. The molecule has 0 saturated carbocycles. The molecule has 10 heteroatoms. The molecule has 0 fully saturated rings. The summed E-state index contributed by atoms with van der Waals surface area (Å²) in [6, 6.07) is 1.57. The number of hydrogen-bond acceptors (Lipinski definition) is 7. The molecule has 0 unspecified atom stereocenters. The summed E-state index contributed by atoms with van der Waals surface area (Å²) in [5, 5.41) is 32.4. The van der Waals surface area contributed by atoms with Crippen molar-refractivity contribution in [3.05, 3.63) is 37.9 Å². The van der Waals surface area contributed by atoms with E-state index < -0.39 is 32.8 Å². The van der Waals surface area contributed by atoms with Gasteiger partial charge in [-0.2, -0.15) is 0 Å². The van der Waals surface area contributed by atoms with Gasteiger partial charge in [0.1, 0.15) is 5.69 Å². The van der Waals surface area contributed by atoms with Gasteiger partial charge in [0.25, 0.3) is 17.3 Å². The third kappa shape index (κ3) is 3.38. The van der Waals surface area contributed by atoms with Gasteiger partial charge in [0.15, 0.2) is 0 Å². The molecule has 0 atom stereocenters. The third-order valence-electron chi connectivity index (χ3n) is 2.42. The number of nitrogens with one attached hydrogen (secondary N) is 1. The minimum absolute atomic E-state index is 0.116. The van der Waals surface area contributed by atoms with Crippen LogP contribution in [-0.4, -0.2) is 34.0 Å². The van der Waals surface area contributed by atoms with Crippen LogP contribution >= 0.6 is 0 Å². The van der Waals surface area contributed by atoms with E-state index in [2.05, 4.69) is 5.32 Å². The van der Waals surface area contributed by atoms with Crippen molar-refractivity contribution in [2.45, 2.75) is 6.42 Å². The van der Waals surface area contributed by atoms with Crippen LogP contribution in [0.1, 0.15) is 16.8 Å². The molecule has 0 saturated heterocycles. The van der Waals surface area contributed by atoms with Crippen LogP contribution in [0.4, 0.5) is 17.1 Å². The number of nitrogens with zero attached hydrogens (tertiary/aromatic N) is 2. The lowest BCUT2D eigenvalue weighted by molar-refractivity contribution is -0.393. The molecule has 108 valence electrons. The Morgan fingerprint density at radius 3 is 2.45 bits per heavy atom. The van der Waals surface area contributed by atoms with Crippen LogP contribution in [0, 0.1) is 20.2 Å². The number of nitro benzene ring substituents is 2. The van der Waals surface area contributed by atoms with Crippen LogP contribution in [0.5, 0.6) is 0 Å². The minimum atomic E-state index is -0.896. The number of aliphatic hydroxyl groups is 1. The summed E-state index contributed by atoms with van der Waals surface area (Å²) in [4.78, 5) is 31.5. The summed E-state index contributed by atoms with van der Waals surface area (Å²) in [5.74, 6) is -0.775. The van der Waals surface area contributed by atoms with Gasteiger partial charge in [-0.15, -0.1) is 0 Å². The summed E-state index contributed by atoms with van der Waals surface area (Å²) >= 11 is 0. The van der Waals surface area contributed by atoms with Gasteiger partial charge in [-0.3, -0.25) is 25.0 Å². The van der Waals surface area contributed by atoms with Crippen LogP contribution in [0.3, 0.4) is 0 Å². The van der Waals surface area contributed by atoms with Crippen molar-refractivity contribution < 1.29 is 19.7 Å². The second kappa shape index (κ2) is 6.43. The maximum absolute atomic E-state index is 11.8. The Kier molecular flexibility index (Phi) is 4.92. The Bertz CT molecular complexity index is 559. The smallest absolute Gasteiger partial charge is 0.299 e. The van der Waals surface area contributed by atoms with E-state index in [1.807, 2.05) is 0 Å². The van der Waals surface area contributed by atoms with Crippen molar-refractivity contribution in [2.24, 2.45) is 0 Å². The van der Waals surface area contributed by atoms with Gasteiger partial charge in [-0.1, -0.05) is 0 Å². The Labute approximate surface area is 112 Å². The third-order valence-corrected chi connectivity index (χ3v) is 2.42. The van der Waals surface area contributed by atoms with E-state index in [1.165, 1.54) is 0 Å². The van der Waals surface area contributed by atoms with E-state index in [0.29, 0.717) is 6.07 Å². The first-order valence-corrected chi connectivity index (χ1v) is 5.49. The zero-order chi connectivity index (χ0) is 15.3.